The van der Waals surface area contributed by atoms with Crippen LogP contribution in [0.4, 0.5) is 0 Å². The maximum absolute atomic E-state index is 5.06. The predicted molar refractivity (Wildman–Crippen MR) is 143 cm³/mol. The van der Waals surface area contributed by atoms with Gasteiger partial charge in [0.05, 0.1) is 11.0 Å². The first kappa shape index (κ1) is 19.6. The Bertz CT molecular complexity index is 1790. The Morgan fingerprint density at radius 2 is 1.00 bits per heavy atom. The van der Waals surface area contributed by atoms with E-state index in [0.29, 0.717) is 17.6 Å². The molecular weight excluding hydrogens is 428 g/mol. The molecule has 0 fully saturated rings. The average molecular weight is 449 g/mol. The third kappa shape index (κ3) is 3.19. The van der Waals surface area contributed by atoms with Crippen LogP contribution in [0.3, 0.4) is 0 Å². The molecule has 35 heavy (non-hydrogen) atoms. The van der Waals surface area contributed by atoms with Crippen LogP contribution in [0.5, 0.6) is 0 Å². The van der Waals surface area contributed by atoms with Gasteiger partial charge in [-0.2, -0.15) is 9.97 Å². The Morgan fingerprint density at radius 1 is 0.429 bits per heavy atom. The molecule has 164 valence electrons. The second kappa shape index (κ2) is 7.89. The lowest BCUT2D eigenvalue weighted by Crippen LogP contribution is -2.06. The Hall–Kier alpha value is -4.83. The molecule has 0 saturated heterocycles. The highest BCUT2D eigenvalue weighted by Gasteiger charge is 2.18. The summed E-state index contributed by atoms with van der Waals surface area (Å²) < 4.78 is 2.15. The molecule has 0 spiro atoms. The lowest BCUT2D eigenvalue weighted by atomic mass is 10.0. The van der Waals surface area contributed by atoms with Crippen molar-refractivity contribution in [2.45, 2.75) is 0 Å². The van der Waals surface area contributed by atoms with Gasteiger partial charge < -0.3 is 0 Å². The zero-order valence-electron chi connectivity index (χ0n) is 18.8. The van der Waals surface area contributed by atoms with E-state index in [1.54, 1.807) is 0 Å². The summed E-state index contributed by atoms with van der Waals surface area (Å²) in [4.78, 5) is 15.0. The van der Waals surface area contributed by atoms with E-state index >= 15 is 0 Å². The predicted octanol–water partition coefficient (Wildman–Crippen LogP) is 7.46. The zero-order chi connectivity index (χ0) is 23.2. The Kier molecular flexibility index (Phi) is 4.42. The number of rotatable bonds is 3. The number of hydrogen-bond acceptors (Lipinski definition) is 3. The molecule has 0 unspecified atom stereocenters. The topological polar surface area (TPSA) is 43.6 Å². The molecule has 0 radical (unpaired) electrons. The molecule has 7 rings (SSSR count). The SMILES string of the molecule is c1ccc(-c2nc(-c3cccc4ccccc34)nc(-n3c4ccccc4c4ccccc43)n2)cc1. The van der Waals surface area contributed by atoms with Crippen LogP contribution in [-0.2, 0) is 0 Å². The summed E-state index contributed by atoms with van der Waals surface area (Å²) >= 11 is 0. The van der Waals surface area contributed by atoms with Crippen molar-refractivity contribution in [3.05, 3.63) is 121 Å². The number of aromatic nitrogens is 4. The Morgan fingerprint density at radius 3 is 1.74 bits per heavy atom. The van der Waals surface area contributed by atoms with Crippen molar-refractivity contribution in [2.24, 2.45) is 0 Å². The lowest BCUT2D eigenvalue weighted by Gasteiger charge is -2.12. The van der Waals surface area contributed by atoms with E-state index in [1.165, 1.54) is 10.8 Å². The van der Waals surface area contributed by atoms with E-state index in [9.17, 15) is 0 Å². The molecule has 2 heterocycles. The maximum atomic E-state index is 5.06. The van der Waals surface area contributed by atoms with E-state index in [0.717, 1.165) is 32.9 Å². The van der Waals surface area contributed by atoms with Gasteiger partial charge in [0.25, 0.3) is 0 Å². The van der Waals surface area contributed by atoms with Crippen molar-refractivity contribution in [3.63, 3.8) is 0 Å². The second-order valence-electron chi connectivity index (χ2n) is 8.55. The van der Waals surface area contributed by atoms with Gasteiger partial charge in [0.2, 0.25) is 5.95 Å². The first-order valence-electron chi connectivity index (χ1n) is 11.6. The average Bonchev–Trinajstić information content (AvgIpc) is 3.27. The number of fused-ring (bicyclic) bond motifs is 4. The van der Waals surface area contributed by atoms with Gasteiger partial charge in [0.15, 0.2) is 11.6 Å². The summed E-state index contributed by atoms with van der Waals surface area (Å²) in [5.74, 6) is 1.92. The van der Waals surface area contributed by atoms with E-state index in [2.05, 4.69) is 95.6 Å². The minimum atomic E-state index is 0.610. The van der Waals surface area contributed by atoms with E-state index < -0.39 is 0 Å². The molecule has 0 N–H and O–H groups in total. The number of nitrogens with zero attached hydrogens (tertiary/aromatic N) is 4. The fourth-order valence-corrected chi connectivity index (χ4v) is 4.86. The van der Waals surface area contributed by atoms with Crippen LogP contribution in [-0.4, -0.2) is 19.5 Å². The highest BCUT2D eigenvalue weighted by atomic mass is 15.2. The van der Waals surface area contributed by atoms with Crippen molar-refractivity contribution in [1.29, 1.82) is 0 Å². The molecule has 7 aromatic rings. The van der Waals surface area contributed by atoms with Crippen LogP contribution in [0.25, 0.3) is 61.3 Å². The van der Waals surface area contributed by atoms with Crippen LogP contribution in [0.1, 0.15) is 0 Å². The molecule has 0 aliphatic heterocycles. The van der Waals surface area contributed by atoms with Crippen LogP contribution >= 0.6 is 0 Å². The smallest absolute Gasteiger partial charge is 0.238 e. The van der Waals surface area contributed by atoms with Gasteiger partial charge >= 0.3 is 0 Å². The minimum absolute atomic E-state index is 0.610. The Balaban J connectivity index is 1.58. The minimum Gasteiger partial charge on any atom is -0.278 e. The fourth-order valence-electron chi connectivity index (χ4n) is 4.86. The fraction of sp³-hybridized carbons (Fsp3) is 0. The van der Waals surface area contributed by atoms with E-state index in [4.69, 9.17) is 15.0 Å². The maximum Gasteiger partial charge on any atom is 0.238 e. The third-order valence-corrected chi connectivity index (χ3v) is 6.47. The normalized spacial score (nSPS) is 11.4. The van der Waals surface area contributed by atoms with Gasteiger partial charge in [-0.3, -0.25) is 4.57 Å². The van der Waals surface area contributed by atoms with Gasteiger partial charge in [-0.1, -0.05) is 109 Å². The molecule has 4 heteroatoms. The number of hydrogen-bond donors (Lipinski definition) is 0. The molecule has 0 atom stereocenters. The summed E-state index contributed by atoms with van der Waals surface area (Å²) in [5.41, 5.74) is 4.09. The van der Waals surface area contributed by atoms with E-state index in [1.807, 2.05) is 30.3 Å². The molecule has 0 aliphatic carbocycles. The van der Waals surface area contributed by atoms with Crippen LogP contribution < -0.4 is 0 Å². The summed E-state index contributed by atoms with van der Waals surface area (Å²) in [6.45, 7) is 0. The van der Waals surface area contributed by atoms with Crippen LogP contribution in [0.2, 0.25) is 0 Å². The molecule has 0 bridgehead atoms. The van der Waals surface area contributed by atoms with Crippen molar-refractivity contribution in [2.75, 3.05) is 0 Å². The molecule has 5 aromatic carbocycles. The van der Waals surface area contributed by atoms with Gasteiger partial charge in [-0.15, -0.1) is 0 Å². The number of para-hydroxylation sites is 2. The van der Waals surface area contributed by atoms with Gasteiger partial charge in [0, 0.05) is 21.9 Å². The van der Waals surface area contributed by atoms with Gasteiger partial charge in [-0.25, -0.2) is 4.98 Å². The highest BCUT2D eigenvalue weighted by Crippen LogP contribution is 2.33. The summed E-state index contributed by atoms with van der Waals surface area (Å²) in [5, 5.41) is 4.63. The quantitative estimate of drug-likeness (QED) is 0.282. The van der Waals surface area contributed by atoms with Crippen molar-refractivity contribution >= 4 is 32.6 Å². The van der Waals surface area contributed by atoms with Crippen molar-refractivity contribution < 1.29 is 0 Å². The van der Waals surface area contributed by atoms with Crippen molar-refractivity contribution in [3.8, 4) is 28.7 Å². The summed E-state index contributed by atoms with van der Waals surface area (Å²) in [6.07, 6.45) is 0. The standard InChI is InChI=1S/C31H20N4/c1-2-12-22(13-3-1)29-32-30(26-18-10-14-21-11-4-5-15-23(21)26)34-31(33-29)35-27-19-8-6-16-24(27)25-17-7-9-20-28(25)35/h1-20H. The van der Waals surface area contributed by atoms with Gasteiger partial charge in [0.1, 0.15) is 0 Å². The van der Waals surface area contributed by atoms with Crippen molar-refractivity contribution in [1.82, 2.24) is 19.5 Å². The van der Waals surface area contributed by atoms with E-state index in [-0.39, 0.29) is 0 Å². The second-order valence-corrected chi connectivity index (χ2v) is 8.55. The summed E-state index contributed by atoms with van der Waals surface area (Å²) in [6, 6.07) is 41.5. The Labute approximate surface area is 202 Å². The number of benzene rings is 5. The monoisotopic (exact) mass is 448 g/mol. The first-order chi connectivity index (χ1) is 17.4. The van der Waals surface area contributed by atoms with Gasteiger partial charge in [-0.05, 0) is 22.9 Å². The molecule has 4 nitrogen and oxygen atoms in total. The van der Waals surface area contributed by atoms with Crippen LogP contribution in [0.15, 0.2) is 121 Å². The molecule has 0 aliphatic rings. The summed E-state index contributed by atoms with van der Waals surface area (Å²) in [7, 11) is 0. The van der Waals surface area contributed by atoms with Crippen LogP contribution in [0, 0.1) is 0 Å². The third-order valence-electron chi connectivity index (χ3n) is 6.47. The molecule has 0 amide bonds. The first-order valence-corrected chi connectivity index (χ1v) is 11.6. The lowest BCUT2D eigenvalue weighted by molar-refractivity contribution is 0.954. The zero-order valence-corrected chi connectivity index (χ0v) is 18.8. The molecule has 2 aromatic heterocycles. The highest BCUT2D eigenvalue weighted by molar-refractivity contribution is 6.09. The molecular formula is C31H20N4. The molecule has 0 saturated carbocycles. The largest absolute Gasteiger partial charge is 0.278 e.